The van der Waals surface area contributed by atoms with Gasteiger partial charge in [0.05, 0.1) is 18.1 Å². The molecule has 35 heavy (non-hydrogen) atoms. The molecule has 2 aromatic heterocycles. The van der Waals surface area contributed by atoms with Gasteiger partial charge in [-0.1, -0.05) is 25.3 Å². The van der Waals surface area contributed by atoms with Crippen LogP contribution in [0.15, 0.2) is 30.5 Å². The van der Waals surface area contributed by atoms with Crippen LogP contribution in [0.2, 0.25) is 0 Å². The van der Waals surface area contributed by atoms with E-state index in [0.717, 1.165) is 32.4 Å². The molecule has 6 nitrogen and oxygen atoms in total. The summed E-state index contributed by atoms with van der Waals surface area (Å²) in [4.78, 5) is 15.5. The number of benzene rings is 2. The monoisotopic (exact) mass is 473 g/mol. The summed E-state index contributed by atoms with van der Waals surface area (Å²) in [5.74, 6) is 2.20. The minimum absolute atomic E-state index is 0.0205. The number of terminal acetylenes is 1. The minimum Gasteiger partial charge on any atom is -0.467 e. The number of rotatable bonds is 3. The molecule has 1 atom stereocenters. The third-order valence-corrected chi connectivity index (χ3v) is 6.52. The first-order valence-electron chi connectivity index (χ1n) is 11.5. The summed E-state index contributed by atoms with van der Waals surface area (Å²) >= 11 is 0. The van der Waals surface area contributed by atoms with Crippen molar-refractivity contribution in [1.29, 1.82) is 0 Å². The van der Waals surface area contributed by atoms with E-state index < -0.39 is 11.6 Å². The Bertz CT molecular complexity index is 1500. The fourth-order valence-corrected chi connectivity index (χ4v) is 4.88. The van der Waals surface area contributed by atoms with Gasteiger partial charge in [0.25, 0.3) is 0 Å². The molecule has 4 aromatic rings. The third-order valence-electron chi connectivity index (χ3n) is 6.52. The van der Waals surface area contributed by atoms with E-state index in [2.05, 4.69) is 32.7 Å². The summed E-state index contributed by atoms with van der Waals surface area (Å²) in [7, 11) is 1.45. The number of fused-ring (bicyclic) bond motifs is 2. The molecule has 5 rings (SSSR count). The number of halogens is 2. The average Bonchev–Trinajstić information content (AvgIpc) is 3.07. The zero-order chi connectivity index (χ0) is 24.7. The molecule has 0 spiro atoms. The fourth-order valence-electron chi connectivity index (χ4n) is 4.88. The van der Waals surface area contributed by atoms with Gasteiger partial charge in [0.2, 0.25) is 0 Å². The van der Waals surface area contributed by atoms with Crippen LogP contribution in [-0.4, -0.2) is 35.2 Å². The minimum atomic E-state index is -0.675. The third kappa shape index (κ3) is 3.97. The molecule has 1 unspecified atom stereocenters. The molecule has 1 aliphatic heterocycles. The maximum Gasteiger partial charge on any atom is 0.318 e. The standard InChI is InChI=1S/C27H25F2N5O/c1-4-18-21(28)9-8-16-11-17(30)12-19(22(16)18)24-23(29)25-20(13-31-24)26(33-27(32-25)35-3)34-10-6-5-7-15(2)14-34/h1,8-9,11-13,15H,5-7,10,14,30H2,2-3H3. The van der Waals surface area contributed by atoms with Gasteiger partial charge in [-0.15, -0.1) is 6.42 Å². The molecule has 1 saturated heterocycles. The molecule has 0 aliphatic carbocycles. The van der Waals surface area contributed by atoms with E-state index in [1.807, 2.05) is 0 Å². The Kier molecular flexibility index (Phi) is 5.85. The van der Waals surface area contributed by atoms with Gasteiger partial charge in [0.1, 0.15) is 22.8 Å². The van der Waals surface area contributed by atoms with E-state index in [9.17, 15) is 4.39 Å². The van der Waals surface area contributed by atoms with Gasteiger partial charge < -0.3 is 15.4 Å². The van der Waals surface area contributed by atoms with Crippen LogP contribution in [0.25, 0.3) is 32.9 Å². The van der Waals surface area contributed by atoms with E-state index in [0.29, 0.717) is 39.1 Å². The molecule has 178 valence electrons. The highest BCUT2D eigenvalue weighted by Crippen LogP contribution is 2.38. The molecule has 0 saturated carbocycles. The van der Waals surface area contributed by atoms with Crippen LogP contribution < -0.4 is 15.4 Å². The zero-order valence-electron chi connectivity index (χ0n) is 19.6. The van der Waals surface area contributed by atoms with Crippen LogP contribution in [-0.2, 0) is 0 Å². The second-order valence-corrected chi connectivity index (χ2v) is 9.00. The van der Waals surface area contributed by atoms with Crippen molar-refractivity contribution in [3.8, 4) is 29.6 Å². The number of nitrogens with zero attached hydrogens (tertiary/aromatic N) is 4. The van der Waals surface area contributed by atoms with Crippen molar-refractivity contribution in [1.82, 2.24) is 15.0 Å². The second kappa shape index (κ2) is 8.99. The SMILES string of the molecule is C#Cc1c(F)ccc2cc(N)cc(-c3ncc4c(N5CCCCC(C)C5)nc(OC)nc4c3F)c12. The summed E-state index contributed by atoms with van der Waals surface area (Å²) in [5.41, 5.74) is 6.86. The molecule has 0 amide bonds. The van der Waals surface area contributed by atoms with Crippen LogP contribution >= 0.6 is 0 Å². The molecular weight excluding hydrogens is 448 g/mol. The van der Waals surface area contributed by atoms with Crippen molar-refractivity contribution in [2.75, 3.05) is 30.8 Å². The average molecular weight is 474 g/mol. The maximum atomic E-state index is 16.2. The smallest absolute Gasteiger partial charge is 0.318 e. The number of nitrogen functional groups attached to an aromatic ring is 1. The van der Waals surface area contributed by atoms with Crippen molar-refractivity contribution in [3.05, 3.63) is 47.7 Å². The van der Waals surface area contributed by atoms with Crippen LogP contribution in [0.4, 0.5) is 20.3 Å². The van der Waals surface area contributed by atoms with E-state index in [1.54, 1.807) is 24.4 Å². The van der Waals surface area contributed by atoms with E-state index >= 15 is 4.39 Å². The molecule has 2 N–H and O–H groups in total. The Morgan fingerprint density at radius 3 is 2.80 bits per heavy atom. The van der Waals surface area contributed by atoms with Crippen molar-refractivity contribution in [2.24, 2.45) is 5.92 Å². The van der Waals surface area contributed by atoms with Gasteiger partial charge >= 0.3 is 6.01 Å². The van der Waals surface area contributed by atoms with Gasteiger partial charge in [0, 0.05) is 35.9 Å². The number of nitrogens with two attached hydrogens (primary N) is 1. The van der Waals surface area contributed by atoms with Gasteiger partial charge in [0.15, 0.2) is 5.82 Å². The van der Waals surface area contributed by atoms with E-state index in [4.69, 9.17) is 16.9 Å². The van der Waals surface area contributed by atoms with Gasteiger partial charge in [-0.05, 0) is 42.3 Å². The Morgan fingerprint density at radius 1 is 1.20 bits per heavy atom. The molecular formula is C27H25F2N5O. The lowest BCUT2D eigenvalue weighted by atomic mass is 9.95. The predicted molar refractivity (Wildman–Crippen MR) is 134 cm³/mol. The van der Waals surface area contributed by atoms with E-state index in [-0.39, 0.29) is 22.8 Å². The lowest BCUT2D eigenvalue weighted by molar-refractivity contribution is 0.381. The molecule has 8 heteroatoms. The summed E-state index contributed by atoms with van der Waals surface area (Å²) in [5, 5.41) is 1.45. The predicted octanol–water partition coefficient (Wildman–Crippen LogP) is 5.32. The number of hydrogen-bond acceptors (Lipinski definition) is 6. The number of anilines is 2. The van der Waals surface area contributed by atoms with E-state index in [1.165, 1.54) is 13.2 Å². The van der Waals surface area contributed by atoms with Crippen molar-refractivity contribution in [3.63, 3.8) is 0 Å². The Morgan fingerprint density at radius 2 is 2.03 bits per heavy atom. The highest BCUT2D eigenvalue weighted by atomic mass is 19.1. The Hall–Kier alpha value is -3.99. The van der Waals surface area contributed by atoms with Crippen LogP contribution in [0.5, 0.6) is 6.01 Å². The van der Waals surface area contributed by atoms with Crippen molar-refractivity contribution < 1.29 is 13.5 Å². The first kappa shape index (κ1) is 22.8. The first-order valence-corrected chi connectivity index (χ1v) is 11.5. The molecule has 0 radical (unpaired) electrons. The molecule has 1 aliphatic rings. The number of methoxy groups -OCH3 is 1. The Balaban J connectivity index is 1.78. The van der Waals surface area contributed by atoms with Gasteiger partial charge in [-0.2, -0.15) is 9.97 Å². The highest BCUT2D eigenvalue weighted by Gasteiger charge is 2.24. The van der Waals surface area contributed by atoms with Crippen molar-refractivity contribution in [2.45, 2.75) is 26.2 Å². The van der Waals surface area contributed by atoms with Gasteiger partial charge in [-0.25, -0.2) is 8.78 Å². The molecule has 0 bridgehead atoms. The summed E-state index contributed by atoms with van der Waals surface area (Å²) in [6.07, 6.45) is 10.4. The van der Waals surface area contributed by atoms with Crippen LogP contribution in [0, 0.1) is 29.9 Å². The second-order valence-electron chi connectivity index (χ2n) is 9.00. The number of hydrogen-bond donors (Lipinski definition) is 1. The van der Waals surface area contributed by atoms with Crippen LogP contribution in [0.1, 0.15) is 31.7 Å². The first-order chi connectivity index (χ1) is 16.9. The maximum absolute atomic E-state index is 16.2. The Labute approximate surface area is 202 Å². The number of aromatic nitrogens is 3. The fraction of sp³-hybridized carbons (Fsp3) is 0.296. The van der Waals surface area contributed by atoms with Gasteiger partial charge in [-0.3, -0.25) is 4.98 Å². The largest absolute Gasteiger partial charge is 0.467 e. The topological polar surface area (TPSA) is 77.2 Å². The zero-order valence-corrected chi connectivity index (χ0v) is 19.6. The summed E-state index contributed by atoms with van der Waals surface area (Å²) < 4.78 is 36.0. The number of pyridine rings is 1. The highest BCUT2D eigenvalue weighted by molar-refractivity contribution is 6.03. The molecule has 2 aromatic carbocycles. The van der Waals surface area contributed by atoms with Crippen LogP contribution in [0.3, 0.4) is 0 Å². The molecule has 3 heterocycles. The number of ether oxygens (including phenoxy) is 1. The normalized spacial score (nSPS) is 16.3. The summed E-state index contributed by atoms with van der Waals surface area (Å²) in [6.45, 7) is 3.79. The summed E-state index contributed by atoms with van der Waals surface area (Å²) in [6, 6.07) is 6.12. The van der Waals surface area contributed by atoms with Crippen molar-refractivity contribution >= 4 is 33.2 Å². The quantitative estimate of drug-likeness (QED) is 0.321. The molecule has 1 fully saturated rings. The lowest BCUT2D eigenvalue weighted by Gasteiger charge is -2.25. The lowest BCUT2D eigenvalue weighted by Crippen LogP contribution is -2.28.